The molecule has 0 radical (unpaired) electrons. The highest BCUT2D eigenvalue weighted by Gasteiger charge is 2.28. The number of aliphatic hydroxyl groups excluding tert-OH is 1. The molecule has 470 valence electrons. The van der Waals surface area contributed by atoms with Gasteiger partial charge in [-0.3, -0.25) is 14.4 Å². The van der Waals surface area contributed by atoms with E-state index in [9.17, 15) is 33.9 Å². The molecule has 0 amide bonds. The fraction of sp³-hybridized carbons (Fsp3) is 0.746. The summed E-state index contributed by atoms with van der Waals surface area (Å²) in [5.41, 5.74) is 0. The van der Waals surface area contributed by atoms with Crippen molar-refractivity contribution >= 4 is 42.7 Å². The number of aldehydes is 3. The Labute approximate surface area is 489 Å². The molecule has 2 fully saturated rings. The molecular formula is C67H130O12. The molecule has 0 aromatic carbocycles. The van der Waals surface area contributed by atoms with Crippen LogP contribution in [0.3, 0.4) is 0 Å². The molecule has 79 heavy (non-hydrogen) atoms. The van der Waals surface area contributed by atoms with Crippen LogP contribution in [0.4, 0.5) is 0 Å². The minimum absolute atomic E-state index is 0. The van der Waals surface area contributed by atoms with Crippen molar-refractivity contribution in [2.75, 3.05) is 0 Å². The Bertz CT molecular complexity index is 1520. The Hall–Kier alpha value is -4.45. The lowest BCUT2D eigenvalue weighted by atomic mass is 9.91. The third kappa shape index (κ3) is 62.6. The SMILES string of the molecule is C.C.C.C.C.C.C=CC=O.C=CC[C@@H](C[C@H](C)CC)OC(=O)C=C.C=CC[C@H](O)C[C@H](C)CC.CC[C@@H](C)CC=O.CC[C@@H](C)C[C@@H]1CC=CC(=O)O1.CC[C@@H](C)C[C@@H]1C[C@@H](C)CC(=O)O1.C[C@H]1CC(=O)O[C@H](C[C@H](C)C=O)C1. The van der Waals surface area contributed by atoms with Crippen molar-refractivity contribution in [2.45, 2.75) is 281 Å². The molecule has 12 heteroatoms. The van der Waals surface area contributed by atoms with Crippen molar-refractivity contribution in [1.29, 1.82) is 0 Å². The predicted molar refractivity (Wildman–Crippen MR) is 339 cm³/mol. The quantitative estimate of drug-likeness (QED) is 0.0301. The minimum Gasteiger partial charge on any atom is -0.462 e. The molecule has 3 heterocycles. The van der Waals surface area contributed by atoms with E-state index in [-0.39, 0.29) is 105 Å². The smallest absolute Gasteiger partial charge is 0.330 e. The Morgan fingerprint density at radius 2 is 1.04 bits per heavy atom. The zero-order valence-corrected chi connectivity index (χ0v) is 48.2. The van der Waals surface area contributed by atoms with E-state index in [2.05, 4.69) is 102 Å². The van der Waals surface area contributed by atoms with Crippen molar-refractivity contribution < 1.29 is 57.6 Å². The molecule has 1 N–H and O–H groups in total. The summed E-state index contributed by atoms with van der Waals surface area (Å²) in [5, 5.41) is 9.28. The largest absolute Gasteiger partial charge is 0.462 e. The average molecular weight is 1130 g/mol. The number of cyclic esters (lactones) is 3. The highest BCUT2D eigenvalue weighted by Crippen LogP contribution is 2.26. The van der Waals surface area contributed by atoms with E-state index in [0.717, 1.165) is 96.0 Å². The van der Waals surface area contributed by atoms with Gasteiger partial charge in [-0.2, -0.15) is 0 Å². The third-order valence-corrected chi connectivity index (χ3v) is 12.8. The van der Waals surface area contributed by atoms with E-state index in [1.54, 1.807) is 12.2 Å². The Morgan fingerprint density at radius 1 is 0.620 bits per heavy atom. The first-order chi connectivity index (χ1) is 34.5. The van der Waals surface area contributed by atoms with Crippen LogP contribution in [0.1, 0.15) is 250 Å². The number of hydrogen-bond acceptors (Lipinski definition) is 12. The molecule has 3 rings (SSSR count). The van der Waals surface area contributed by atoms with Crippen LogP contribution in [0.5, 0.6) is 0 Å². The first kappa shape index (κ1) is 96.8. The molecule has 3 aliphatic heterocycles. The lowest BCUT2D eigenvalue weighted by Crippen LogP contribution is -2.29. The molecule has 3 aliphatic rings. The number of esters is 4. The zero-order valence-electron chi connectivity index (χ0n) is 48.2. The molecule has 0 bridgehead atoms. The molecule has 2 saturated heterocycles. The van der Waals surface area contributed by atoms with Crippen molar-refractivity contribution in [3.8, 4) is 0 Å². The highest BCUT2D eigenvalue weighted by molar-refractivity contribution is 5.82. The maximum atomic E-state index is 11.1. The maximum absolute atomic E-state index is 11.1. The predicted octanol–water partition coefficient (Wildman–Crippen LogP) is 17.9. The summed E-state index contributed by atoms with van der Waals surface area (Å²) in [4.78, 5) is 73.2. The molecule has 0 spiro atoms. The first-order valence-corrected chi connectivity index (χ1v) is 27.5. The Kier molecular flexibility index (Phi) is 78.9. The van der Waals surface area contributed by atoms with Crippen LogP contribution in [-0.2, 0) is 52.5 Å². The van der Waals surface area contributed by atoms with Gasteiger partial charge < -0.3 is 33.6 Å². The third-order valence-electron chi connectivity index (χ3n) is 12.8. The minimum atomic E-state index is -0.347. The van der Waals surface area contributed by atoms with E-state index < -0.39 is 0 Å². The monoisotopic (exact) mass is 1130 g/mol. The van der Waals surface area contributed by atoms with Gasteiger partial charge in [-0.15, -0.1) is 13.2 Å². The van der Waals surface area contributed by atoms with Crippen molar-refractivity contribution in [2.24, 2.45) is 47.3 Å². The lowest BCUT2D eigenvalue weighted by molar-refractivity contribution is -0.158. The van der Waals surface area contributed by atoms with Gasteiger partial charge in [-0.05, 0) is 98.9 Å². The maximum Gasteiger partial charge on any atom is 0.330 e. The molecular weight excluding hydrogens is 997 g/mol. The number of ether oxygens (including phenoxy) is 4. The van der Waals surface area contributed by atoms with Crippen LogP contribution in [-0.4, -0.2) is 78.4 Å². The van der Waals surface area contributed by atoms with Crippen molar-refractivity contribution in [1.82, 2.24) is 0 Å². The summed E-state index contributed by atoms with van der Waals surface area (Å²) in [7, 11) is 0. The van der Waals surface area contributed by atoms with Crippen LogP contribution in [0, 0.1) is 47.3 Å². The van der Waals surface area contributed by atoms with Gasteiger partial charge in [0.1, 0.15) is 43.3 Å². The van der Waals surface area contributed by atoms with Crippen LogP contribution < -0.4 is 0 Å². The van der Waals surface area contributed by atoms with E-state index in [1.807, 2.05) is 19.9 Å². The van der Waals surface area contributed by atoms with E-state index >= 15 is 0 Å². The van der Waals surface area contributed by atoms with Gasteiger partial charge in [-0.25, -0.2) is 9.59 Å². The van der Waals surface area contributed by atoms with E-state index in [0.29, 0.717) is 73.4 Å². The first-order valence-electron chi connectivity index (χ1n) is 27.5. The summed E-state index contributed by atoms with van der Waals surface area (Å²) >= 11 is 0. The van der Waals surface area contributed by atoms with Gasteiger partial charge in [0.2, 0.25) is 0 Å². The molecule has 13 atom stereocenters. The number of allylic oxidation sites excluding steroid dienone is 1. The fourth-order valence-corrected chi connectivity index (χ4v) is 7.36. The summed E-state index contributed by atoms with van der Waals surface area (Å²) in [6.45, 7) is 41.2. The second-order valence-corrected chi connectivity index (χ2v) is 20.6. The number of carbonyl (C=O) groups excluding carboxylic acids is 7. The molecule has 0 aromatic rings. The number of aliphatic hydroxyl groups is 1. The van der Waals surface area contributed by atoms with Gasteiger partial charge in [0, 0.05) is 50.2 Å². The van der Waals surface area contributed by atoms with Gasteiger partial charge in [0.05, 0.1) is 6.10 Å². The topological polar surface area (TPSA) is 177 Å². The summed E-state index contributed by atoms with van der Waals surface area (Å²) < 4.78 is 20.7. The molecule has 0 unspecified atom stereocenters. The Balaban J connectivity index is -0.0000000886. The highest BCUT2D eigenvalue weighted by atomic mass is 16.6. The fourth-order valence-electron chi connectivity index (χ4n) is 7.36. The number of rotatable bonds is 25. The number of carbonyl (C=O) groups is 7. The normalized spacial score (nSPS) is 20.0. The summed E-state index contributed by atoms with van der Waals surface area (Å²) in [5.74, 6) is 3.33. The van der Waals surface area contributed by atoms with Gasteiger partial charge in [0.15, 0.2) is 0 Å². The zero-order chi connectivity index (χ0) is 56.7. The van der Waals surface area contributed by atoms with Crippen molar-refractivity contribution in [3.05, 3.63) is 62.8 Å². The molecule has 0 aliphatic carbocycles. The van der Waals surface area contributed by atoms with E-state index in [1.165, 1.54) is 24.6 Å². The van der Waals surface area contributed by atoms with E-state index in [4.69, 9.17) is 23.7 Å². The van der Waals surface area contributed by atoms with Crippen LogP contribution in [0.25, 0.3) is 0 Å². The molecule has 0 saturated carbocycles. The second-order valence-electron chi connectivity index (χ2n) is 20.6. The van der Waals surface area contributed by atoms with Crippen LogP contribution in [0.15, 0.2) is 62.8 Å². The number of hydrogen-bond donors (Lipinski definition) is 1. The standard InChI is InChI=1S/C12H20O2.C11H20O2.C10H16O3.C10H16O2.C9H18O.C6H12O.C3H4O.6CH4/c1-5-8-11(9-10(4)6-2)14-12(13)7-3;1-4-8(2)5-10-6-9(3)7-11(12)13-10;1-7-3-9(4-8(2)6-11)13-10(12)5-7;1-3-8(2)7-9-5-4-6-10(11)12-9;1-4-6-9(10)7-8(3)5-2;1-3-6(2)4-5-7;1-2-3-4;;;;;;/h5,7,10-11H,1,3,6,8-9H2,2,4H3;8-10H,4-7H2,1-3H3;6-9H,3-5H2,1-2H3;4,6,8-9H,3,5,7H2,1-2H3;4,8-10H,1,5-7H2,2-3H3;5-6H,3-4H2,1-2H3;2-3H,1H2;6*1H4/t10-,11+;8-,9-,10-;7-,8+,9+;2*8-,9+;6-;;;;;;;/m111111......./s1. The van der Waals surface area contributed by atoms with Gasteiger partial charge in [-0.1, -0.05) is 198 Å². The van der Waals surface area contributed by atoms with Gasteiger partial charge >= 0.3 is 23.9 Å². The van der Waals surface area contributed by atoms with Gasteiger partial charge in [0.25, 0.3) is 0 Å². The van der Waals surface area contributed by atoms with Crippen molar-refractivity contribution in [3.63, 3.8) is 0 Å². The molecule has 12 nitrogen and oxygen atoms in total. The second kappa shape index (κ2) is 64.4. The molecule has 0 aromatic heterocycles. The lowest BCUT2D eigenvalue weighted by Gasteiger charge is -2.28. The summed E-state index contributed by atoms with van der Waals surface area (Å²) in [6, 6.07) is 0. The van der Waals surface area contributed by atoms with Crippen LogP contribution >= 0.6 is 0 Å². The average Bonchev–Trinajstić information content (AvgIpc) is 3.34. The van der Waals surface area contributed by atoms with Crippen LogP contribution in [0.2, 0.25) is 0 Å². The Morgan fingerprint density at radius 3 is 1.38 bits per heavy atom. The summed E-state index contributed by atoms with van der Waals surface area (Å²) in [6.07, 6.45) is 28.2.